The molecule has 1 aromatic heterocycles. The van der Waals surface area contributed by atoms with Crippen molar-refractivity contribution in [2.24, 2.45) is 0 Å². The van der Waals surface area contributed by atoms with E-state index in [9.17, 15) is 0 Å². The summed E-state index contributed by atoms with van der Waals surface area (Å²) in [6.45, 7) is 4.24. The highest BCUT2D eigenvalue weighted by Gasteiger charge is 2.04. The quantitative estimate of drug-likeness (QED) is 0.638. The van der Waals surface area contributed by atoms with E-state index in [-0.39, 0.29) is 0 Å². The number of aromatic nitrogens is 2. The maximum atomic E-state index is 3.98. The Kier molecular flexibility index (Phi) is 2.41. The molecule has 0 aromatic carbocycles. The molecular formula is C8H13N3. The van der Waals surface area contributed by atoms with Gasteiger partial charge in [0.2, 0.25) is 0 Å². The van der Waals surface area contributed by atoms with Crippen molar-refractivity contribution in [3.63, 3.8) is 0 Å². The van der Waals surface area contributed by atoms with E-state index in [0.717, 1.165) is 5.82 Å². The molecule has 1 aromatic rings. The van der Waals surface area contributed by atoms with Gasteiger partial charge in [-0.15, -0.1) is 5.10 Å². The summed E-state index contributed by atoms with van der Waals surface area (Å²) in [5, 5.41) is 7.77. The molecule has 3 heteroatoms. The van der Waals surface area contributed by atoms with Gasteiger partial charge in [-0.2, -0.15) is 5.10 Å². The number of hydrogen-bond donors (Lipinski definition) is 0. The minimum atomic E-state index is 0.465. The average molecular weight is 151 g/mol. The number of anilines is 1. The van der Waals surface area contributed by atoms with E-state index in [0.29, 0.717) is 6.04 Å². The zero-order chi connectivity index (χ0) is 8.27. The van der Waals surface area contributed by atoms with Crippen LogP contribution >= 0.6 is 0 Å². The van der Waals surface area contributed by atoms with Gasteiger partial charge in [0.25, 0.3) is 0 Å². The molecular weight excluding hydrogens is 138 g/mol. The molecule has 0 amide bonds. The molecule has 60 valence electrons. The van der Waals surface area contributed by atoms with Gasteiger partial charge >= 0.3 is 0 Å². The first-order valence-corrected chi connectivity index (χ1v) is 3.72. The van der Waals surface area contributed by atoms with E-state index in [2.05, 4.69) is 28.9 Å². The van der Waals surface area contributed by atoms with Crippen LogP contribution in [0.4, 0.5) is 5.82 Å². The van der Waals surface area contributed by atoms with Crippen molar-refractivity contribution in [3.8, 4) is 0 Å². The molecule has 1 heterocycles. The first-order chi connectivity index (χ1) is 5.22. The molecule has 0 saturated carbocycles. The SMILES string of the molecule is CC(C)N(C)c1cccnn1. The van der Waals surface area contributed by atoms with Crippen LogP contribution in [0.25, 0.3) is 0 Å². The highest BCUT2D eigenvalue weighted by atomic mass is 15.2. The van der Waals surface area contributed by atoms with Crippen molar-refractivity contribution in [1.29, 1.82) is 0 Å². The van der Waals surface area contributed by atoms with E-state index in [4.69, 9.17) is 0 Å². The van der Waals surface area contributed by atoms with Crippen molar-refractivity contribution in [2.75, 3.05) is 11.9 Å². The van der Waals surface area contributed by atoms with E-state index in [1.165, 1.54) is 0 Å². The van der Waals surface area contributed by atoms with E-state index < -0.39 is 0 Å². The predicted octanol–water partition coefficient (Wildman–Crippen LogP) is 1.32. The molecule has 0 spiro atoms. The molecule has 0 atom stereocenters. The molecule has 0 bridgehead atoms. The molecule has 0 N–H and O–H groups in total. The van der Waals surface area contributed by atoms with E-state index in [1.807, 2.05) is 19.2 Å². The van der Waals surface area contributed by atoms with Crippen LogP contribution in [0.1, 0.15) is 13.8 Å². The minimum Gasteiger partial charge on any atom is -0.356 e. The maximum Gasteiger partial charge on any atom is 0.151 e. The predicted molar refractivity (Wildman–Crippen MR) is 45.6 cm³/mol. The molecule has 0 aliphatic heterocycles. The lowest BCUT2D eigenvalue weighted by Gasteiger charge is -2.21. The molecule has 0 fully saturated rings. The van der Waals surface area contributed by atoms with Gasteiger partial charge in [-0.05, 0) is 26.0 Å². The lowest BCUT2D eigenvalue weighted by atomic mass is 10.3. The highest BCUT2D eigenvalue weighted by molar-refractivity contribution is 5.35. The summed E-state index contributed by atoms with van der Waals surface area (Å²) in [6, 6.07) is 4.31. The average Bonchev–Trinajstić information content (AvgIpc) is 2.05. The summed E-state index contributed by atoms with van der Waals surface area (Å²) >= 11 is 0. The summed E-state index contributed by atoms with van der Waals surface area (Å²) in [6.07, 6.45) is 1.68. The van der Waals surface area contributed by atoms with E-state index >= 15 is 0 Å². The Morgan fingerprint density at radius 2 is 2.18 bits per heavy atom. The van der Waals surface area contributed by atoms with Crippen LogP contribution in [0.3, 0.4) is 0 Å². The van der Waals surface area contributed by atoms with Gasteiger partial charge in [-0.25, -0.2) is 0 Å². The molecule has 1 rings (SSSR count). The van der Waals surface area contributed by atoms with Crippen molar-refractivity contribution >= 4 is 5.82 Å². The summed E-state index contributed by atoms with van der Waals surface area (Å²) in [4.78, 5) is 2.08. The molecule has 0 aliphatic rings. The third kappa shape index (κ3) is 1.90. The Hall–Kier alpha value is -1.12. The van der Waals surface area contributed by atoms with Gasteiger partial charge in [-0.3, -0.25) is 0 Å². The van der Waals surface area contributed by atoms with Crippen molar-refractivity contribution < 1.29 is 0 Å². The lowest BCUT2D eigenvalue weighted by molar-refractivity contribution is 0.734. The van der Waals surface area contributed by atoms with Crippen LogP contribution in [0.5, 0.6) is 0 Å². The molecule has 11 heavy (non-hydrogen) atoms. The van der Waals surface area contributed by atoms with Gasteiger partial charge in [0, 0.05) is 19.3 Å². The van der Waals surface area contributed by atoms with Crippen LogP contribution in [0.2, 0.25) is 0 Å². The second-order valence-electron chi connectivity index (χ2n) is 2.79. The van der Waals surface area contributed by atoms with Gasteiger partial charge in [-0.1, -0.05) is 0 Å². The second-order valence-corrected chi connectivity index (χ2v) is 2.79. The number of rotatable bonds is 2. The fourth-order valence-electron chi connectivity index (χ4n) is 0.746. The maximum absolute atomic E-state index is 3.98. The minimum absolute atomic E-state index is 0.465. The zero-order valence-electron chi connectivity index (χ0n) is 7.15. The third-order valence-electron chi connectivity index (χ3n) is 1.69. The lowest BCUT2D eigenvalue weighted by Crippen LogP contribution is -2.26. The molecule has 0 aliphatic carbocycles. The van der Waals surface area contributed by atoms with Crippen LogP contribution in [0.15, 0.2) is 18.3 Å². The monoisotopic (exact) mass is 151 g/mol. The van der Waals surface area contributed by atoms with Gasteiger partial charge in [0.1, 0.15) is 0 Å². The smallest absolute Gasteiger partial charge is 0.151 e. The fraction of sp³-hybridized carbons (Fsp3) is 0.500. The van der Waals surface area contributed by atoms with Crippen LogP contribution in [-0.4, -0.2) is 23.3 Å². The third-order valence-corrected chi connectivity index (χ3v) is 1.69. The Labute approximate surface area is 67.1 Å². The van der Waals surface area contributed by atoms with Crippen molar-refractivity contribution in [1.82, 2.24) is 10.2 Å². The largest absolute Gasteiger partial charge is 0.356 e. The summed E-state index contributed by atoms with van der Waals surface area (Å²) < 4.78 is 0. The Morgan fingerprint density at radius 3 is 2.64 bits per heavy atom. The summed E-state index contributed by atoms with van der Waals surface area (Å²) in [7, 11) is 2.01. The van der Waals surface area contributed by atoms with Crippen LogP contribution < -0.4 is 4.90 Å². The van der Waals surface area contributed by atoms with Crippen molar-refractivity contribution in [3.05, 3.63) is 18.3 Å². The second kappa shape index (κ2) is 3.32. The molecule has 0 radical (unpaired) electrons. The van der Waals surface area contributed by atoms with Crippen LogP contribution in [0, 0.1) is 0 Å². The first-order valence-electron chi connectivity index (χ1n) is 3.72. The van der Waals surface area contributed by atoms with Crippen LogP contribution in [-0.2, 0) is 0 Å². The normalized spacial score (nSPS) is 10.2. The number of hydrogen-bond acceptors (Lipinski definition) is 3. The fourth-order valence-corrected chi connectivity index (χ4v) is 0.746. The number of nitrogens with zero attached hydrogens (tertiary/aromatic N) is 3. The Bertz CT molecular complexity index is 208. The topological polar surface area (TPSA) is 29.0 Å². The van der Waals surface area contributed by atoms with Gasteiger partial charge in [0.05, 0.1) is 0 Å². The first kappa shape index (κ1) is 7.98. The standard InChI is InChI=1S/C8H13N3/c1-7(2)11(3)8-5-4-6-9-10-8/h4-7H,1-3H3. The molecule has 0 saturated heterocycles. The summed E-state index contributed by atoms with van der Waals surface area (Å²) in [5.74, 6) is 0.919. The van der Waals surface area contributed by atoms with Gasteiger partial charge < -0.3 is 4.90 Å². The summed E-state index contributed by atoms with van der Waals surface area (Å²) in [5.41, 5.74) is 0. The molecule has 3 nitrogen and oxygen atoms in total. The highest BCUT2D eigenvalue weighted by Crippen LogP contribution is 2.07. The Balaban J connectivity index is 2.77. The van der Waals surface area contributed by atoms with Gasteiger partial charge in [0.15, 0.2) is 5.82 Å². The Morgan fingerprint density at radius 1 is 1.45 bits per heavy atom. The van der Waals surface area contributed by atoms with Crippen molar-refractivity contribution in [2.45, 2.75) is 19.9 Å². The van der Waals surface area contributed by atoms with E-state index in [1.54, 1.807) is 6.20 Å². The zero-order valence-corrected chi connectivity index (χ0v) is 7.15. The molecule has 0 unspecified atom stereocenters.